The Kier molecular flexibility index (Phi) is 4.39. The molecule has 0 unspecified atom stereocenters. The number of hydrogen-bond donors (Lipinski definition) is 0. The van der Waals surface area contributed by atoms with Crippen molar-refractivity contribution in [1.82, 2.24) is 19.8 Å². The van der Waals surface area contributed by atoms with E-state index < -0.39 is 0 Å². The van der Waals surface area contributed by atoms with Crippen LogP contribution in [0.3, 0.4) is 0 Å². The molecule has 2 heterocycles. The molecule has 5 heteroatoms. The predicted molar refractivity (Wildman–Crippen MR) is 97.2 cm³/mol. The third-order valence-electron chi connectivity index (χ3n) is 4.65. The maximum absolute atomic E-state index is 12.9. The minimum absolute atomic E-state index is 0.00189. The zero-order chi connectivity index (χ0) is 17.1. The lowest BCUT2D eigenvalue weighted by Gasteiger charge is -2.34. The molecule has 1 saturated heterocycles. The molecule has 25 heavy (non-hydrogen) atoms. The molecular formula is C20H20N4O. The first kappa shape index (κ1) is 15.7. The molecule has 1 aliphatic heterocycles. The summed E-state index contributed by atoms with van der Waals surface area (Å²) in [5, 5.41) is 0.821. The highest BCUT2D eigenvalue weighted by atomic mass is 16.2. The average Bonchev–Trinajstić information content (AvgIpc) is 2.68. The van der Waals surface area contributed by atoms with Crippen LogP contribution in [0.15, 0.2) is 60.9 Å². The lowest BCUT2D eigenvalue weighted by atomic mass is 10.1. The van der Waals surface area contributed by atoms with Crippen LogP contribution in [0.25, 0.3) is 10.9 Å². The van der Waals surface area contributed by atoms with Gasteiger partial charge in [0.1, 0.15) is 12.0 Å². The van der Waals surface area contributed by atoms with Gasteiger partial charge in [0.05, 0.1) is 5.52 Å². The van der Waals surface area contributed by atoms with E-state index in [2.05, 4.69) is 39.1 Å². The molecule has 4 rings (SSSR count). The number of amides is 1. The molecule has 5 nitrogen and oxygen atoms in total. The minimum atomic E-state index is -0.00189. The monoisotopic (exact) mass is 332 g/mol. The number of hydrogen-bond acceptors (Lipinski definition) is 4. The Labute approximate surface area is 146 Å². The normalized spacial score (nSPS) is 15.4. The summed E-state index contributed by atoms with van der Waals surface area (Å²) in [7, 11) is 0. The first-order valence-electron chi connectivity index (χ1n) is 8.56. The summed E-state index contributed by atoms with van der Waals surface area (Å²) in [5.74, 6) is -0.00189. The third-order valence-corrected chi connectivity index (χ3v) is 4.65. The van der Waals surface area contributed by atoms with E-state index in [9.17, 15) is 4.79 Å². The predicted octanol–water partition coefficient (Wildman–Crippen LogP) is 2.59. The first-order valence-corrected chi connectivity index (χ1v) is 8.56. The van der Waals surface area contributed by atoms with Crippen molar-refractivity contribution in [2.45, 2.75) is 6.54 Å². The van der Waals surface area contributed by atoms with Gasteiger partial charge in [-0.15, -0.1) is 0 Å². The molecule has 0 aliphatic carbocycles. The van der Waals surface area contributed by atoms with Crippen LogP contribution in [0.4, 0.5) is 0 Å². The van der Waals surface area contributed by atoms with Crippen LogP contribution in [-0.4, -0.2) is 51.9 Å². The Hall–Kier alpha value is -2.79. The number of piperazine rings is 1. The molecule has 3 aromatic rings. The topological polar surface area (TPSA) is 49.3 Å². The van der Waals surface area contributed by atoms with E-state index >= 15 is 0 Å². The number of carbonyl (C=O) groups is 1. The fourth-order valence-electron chi connectivity index (χ4n) is 3.28. The summed E-state index contributed by atoms with van der Waals surface area (Å²) in [6.45, 7) is 4.14. The van der Waals surface area contributed by atoms with Crippen molar-refractivity contribution in [3.05, 3.63) is 72.2 Å². The third kappa shape index (κ3) is 3.37. The highest BCUT2D eigenvalue weighted by Crippen LogP contribution is 2.17. The summed E-state index contributed by atoms with van der Waals surface area (Å²) < 4.78 is 0. The van der Waals surface area contributed by atoms with Crippen molar-refractivity contribution in [3.8, 4) is 0 Å². The number of para-hydroxylation sites is 1. The summed E-state index contributed by atoms with van der Waals surface area (Å²) >= 11 is 0. The van der Waals surface area contributed by atoms with Gasteiger partial charge in [0.15, 0.2) is 0 Å². The van der Waals surface area contributed by atoms with E-state index in [1.807, 2.05) is 35.2 Å². The van der Waals surface area contributed by atoms with Gasteiger partial charge in [0, 0.05) is 38.1 Å². The van der Waals surface area contributed by atoms with E-state index in [0.717, 1.165) is 43.6 Å². The van der Waals surface area contributed by atoms with Crippen LogP contribution in [0.2, 0.25) is 0 Å². The standard InChI is InChI=1S/C20H20N4O/c25-20(19-17-8-4-5-9-18(17)21-15-22-19)24-12-10-23(11-13-24)14-16-6-2-1-3-7-16/h1-9,15H,10-14H2. The maximum atomic E-state index is 12.9. The van der Waals surface area contributed by atoms with Crippen LogP contribution in [0, 0.1) is 0 Å². The largest absolute Gasteiger partial charge is 0.335 e. The number of nitrogens with zero attached hydrogens (tertiary/aromatic N) is 4. The Morgan fingerprint density at radius 2 is 1.60 bits per heavy atom. The molecule has 0 atom stereocenters. The number of carbonyl (C=O) groups excluding carboxylic acids is 1. The van der Waals surface area contributed by atoms with E-state index in [1.54, 1.807) is 0 Å². The number of fused-ring (bicyclic) bond motifs is 1. The van der Waals surface area contributed by atoms with Gasteiger partial charge in [-0.1, -0.05) is 48.5 Å². The lowest BCUT2D eigenvalue weighted by molar-refractivity contribution is 0.0624. The molecular weight excluding hydrogens is 312 g/mol. The Morgan fingerprint density at radius 1 is 0.880 bits per heavy atom. The lowest BCUT2D eigenvalue weighted by Crippen LogP contribution is -2.48. The molecule has 0 saturated carbocycles. The zero-order valence-corrected chi connectivity index (χ0v) is 14.0. The molecule has 0 radical (unpaired) electrons. The van der Waals surface area contributed by atoms with Gasteiger partial charge in [0.2, 0.25) is 0 Å². The number of benzene rings is 2. The number of aromatic nitrogens is 2. The van der Waals surface area contributed by atoms with E-state index in [0.29, 0.717) is 5.69 Å². The average molecular weight is 332 g/mol. The summed E-state index contributed by atoms with van der Waals surface area (Å²) in [6.07, 6.45) is 1.47. The van der Waals surface area contributed by atoms with Crippen LogP contribution in [-0.2, 0) is 6.54 Å². The van der Waals surface area contributed by atoms with Crippen molar-refractivity contribution in [3.63, 3.8) is 0 Å². The van der Waals surface area contributed by atoms with Crippen LogP contribution < -0.4 is 0 Å². The molecule has 2 aromatic carbocycles. The molecule has 1 aliphatic rings. The maximum Gasteiger partial charge on any atom is 0.273 e. The quantitative estimate of drug-likeness (QED) is 0.740. The molecule has 0 bridgehead atoms. The van der Waals surface area contributed by atoms with E-state index in [1.165, 1.54) is 11.9 Å². The van der Waals surface area contributed by atoms with Gasteiger partial charge in [-0.25, -0.2) is 9.97 Å². The SMILES string of the molecule is O=C(c1ncnc2ccccc12)N1CCN(Cc2ccccc2)CC1. The molecule has 126 valence electrons. The van der Waals surface area contributed by atoms with Crippen molar-refractivity contribution in [1.29, 1.82) is 0 Å². The highest BCUT2D eigenvalue weighted by Gasteiger charge is 2.24. The van der Waals surface area contributed by atoms with Crippen molar-refractivity contribution >= 4 is 16.8 Å². The molecule has 1 aromatic heterocycles. The van der Waals surface area contributed by atoms with Crippen molar-refractivity contribution in [2.75, 3.05) is 26.2 Å². The minimum Gasteiger partial charge on any atom is -0.335 e. The smallest absolute Gasteiger partial charge is 0.273 e. The van der Waals surface area contributed by atoms with Crippen LogP contribution in [0.5, 0.6) is 0 Å². The fourth-order valence-corrected chi connectivity index (χ4v) is 3.28. The first-order chi connectivity index (χ1) is 12.3. The van der Waals surface area contributed by atoms with Gasteiger partial charge >= 0.3 is 0 Å². The number of rotatable bonds is 3. The molecule has 1 amide bonds. The van der Waals surface area contributed by atoms with Gasteiger partial charge in [0.25, 0.3) is 5.91 Å². The summed E-state index contributed by atoms with van der Waals surface area (Å²) in [4.78, 5) is 25.7. The summed E-state index contributed by atoms with van der Waals surface area (Å²) in [6, 6.07) is 18.1. The van der Waals surface area contributed by atoms with Crippen molar-refractivity contribution < 1.29 is 4.79 Å². The molecule has 0 N–H and O–H groups in total. The fraction of sp³-hybridized carbons (Fsp3) is 0.250. The van der Waals surface area contributed by atoms with Gasteiger partial charge in [-0.2, -0.15) is 0 Å². The highest BCUT2D eigenvalue weighted by molar-refractivity contribution is 6.04. The molecule has 0 spiro atoms. The second-order valence-electron chi connectivity index (χ2n) is 6.29. The van der Waals surface area contributed by atoms with E-state index in [-0.39, 0.29) is 5.91 Å². The Balaban J connectivity index is 1.44. The van der Waals surface area contributed by atoms with Gasteiger partial charge < -0.3 is 4.90 Å². The second kappa shape index (κ2) is 6.99. The Bertz CT molecular complexity index is 868. The van der Waals surface area contributed by atoms with Crippen molar-refractivity contribution in [2.24, 2.45) is 0 Å². The van der Waals surface area contributed by atoms with E-state index in [4.69, 9.17) is 0 Å². The summed E-state index contributed by atoms with van der Waals surface area (Å²) in [5.41, 5.74) is 2.62. The molecule has 1 fully saturated rings. The van der Waals surface area contributed by atoms with Crippen LogP contribution >= 0.6 is 0 Å². The zero-order valence-electron chi connectivity index (χ0n) is 14.0. The van der Waals surface area contributed by atoms with Crippen LogP contribution in [0.1, 0.15) is 16.1 Å². The Morgan fingerprint density at radius 3 is 2.40 bits per heavy atom. The van der Waals surface area contributed by atoms with Gasteiger partial charge in [-0.3, -0.25) is 9.69 Å². The van der Waals surface area contributed by atoms with Gasteiger partial charge in [-0.05, 0) is 11.6 Å². The second-order valence-corrected chi connectivity index (χ2v) is 6.29.